The molecule has 0 aromatic rings. The Balaban J connectivity index is 0.0000128. The highest BCUT2D eigenvalue weighted by molar-refractivity contribution is 5.90. The van der Waals surface area contributed by atoms with Crippen LogP contribution in [0.15, 0.2) is 5.16 Å². The van der Waals surface area contributed by atoms with Crippen LogP contribution in [0, 0.1) is 47.3 Å². The number of hydrogen-bond donors (Lipinski definition) is 3. The van der Waals surface area contributed by atoms with E-state index in [2.05, 4.69) is 17.0 Å². The van der Waals surface area contributed by atoms with Gasteiger partial charge in [0.2, 0.25) is 0 Å². The summed E-state index contributed by atoms with van der Waals surface area (Å²) in [4.78, 5) is 51.6. The fourth-order valence-corrected chi connectivity index (χ4v) is 12.3. The Labute approximate surface area is 460 Å². The minimum atomic E-state index is -2.02. The van der Waals surface area contributed by atoms with Gasteiger partial charge in [0.25, 0.3) is 0 Å². The van der Waals surface area contributed by atoms with Gasteiger partial charge in [0.15, 0.2) is 24.7 Å². The van der Waals surface area contributed by atoms with Gasteiger partial charge in [0, 0.05) is 77.0 Å². The van der Waals surface area contributed by atoms with Crippen LogP contribution in [0.3, 0.4) is 0 Å². The van der Waals surface area contributed by atoms with Crippen molar-refractivity contribution in [3.8, 4) is 0 Å². The monoisotopic (exact) mass is 1100 g/mol. The van der Waals surface area contributed by atoms with Crippen molar-refractivity contribution in [3.63, 3.8) is 0 Å². The second kappa shape index (κ2) is 30.6. The van der Waals surface area contributed by atoms with Crippen LogP contribution in [-0.2, 0) is 71.3 Å². The van der Waals surface area contributed by atoms with E-state index in [-0.39, 0.29) is 51.4 Å². The highest BCUT2D eigenvalue weighted by Crippen LogP contribution is 2.40. The number of ether oxygens (including phenoxy) is 11. The molecule has 5 aliphatic heterocycles. The molecular weight excluding hydrogens is 1000 g/mol. The van der Waals surface area contributed by atoms with Crippen LogP contribution in [0.2, 0.25) is 0 Å². The summed E-state index contributed by atoms with van der Waals surface area (Å²) in [7, 11) is 4.33. The maximum absolute atomic E-state index is 15.4. The van der Waals surface area contributed by atoms with E-state index < -0.39 is 139 Å². The number of methoxy groups -OCH3 is 2. The topological polar surface area (TPSA) is 238 Å². The number of carbonyl (C=O) groups is 3. The van der Waals surface area contributed by atoms with Crippen LogP contribution in [0.25, 0.3) is 0 Å². The molecule has 0 aromatic heterocycles. The van der Waals surface area contributed by atoms with Gasteiger partial charge >= 0.3 is 11.9 Å². The molecule has 1 unspecified atom stereocenters. The van der Waals surface area contributed by atoms with E-state index in [1.807, 2.05) is 48.5 Å². The molecule has 0 aromatic carbocycles. The number of esters is 2. The summed E-state index contributed by atoms with van der Waals surface area (Å²) in [5, 5.41) is 39.2. The lowest BCUT2D eigenvalue weighted by atomic mass is 9.74. The average Bonchev–Trinajstić information content (AvgIpc) is 3.50. The van der Waals surface area contributed by atoms with Crippen LogP contribution in [0.4, 0.5) is 0 Å². The number of aliphatic hydroxyl groups is 3. The molecule has 77 heavy (non-hydrogen) atoms. The Morgan fingerprint density at radius 3 is 2.10 bits per heavy atom. The van der Waals surface area contributed by atoms with Gasteiger partial charge < -0.3 is 72.3 Å². The molecule has 5 heterocycles. The summed E-state index contributed by atoms with van der Waals surface area (Å²) in [5.41, 5.74) is -1.70. The normalized spacial score (nSPS) is 41.7. The molecule has 20 nitrogen and oxygen atoms in total. The Morgan fingerprint density at radius 1 is 0.818 bits per heavy atom. The first-order valence-electron chi connectivity index (χ1n) is 28.2. The third-order valence-corrected chi connectivity index (χ3v) is 16.6. The summed E-state index contributed by atoms with van der Waals surface area (Å²) in [6.07, 6.45) is -8.77. The molecule has 5 rings (SSSR count). The molecule has 0 bridgehead atoms. The highest BCUT2D eigenvalue weighted by Gasteiger charge is 2.51. The minimum Gasteiger partial charge on any atom is -0.461 e. The summed E-state index contributed by atoms with van der Waals surface area (Å²) in [5.74, 6) is -6.30. The van der Waals surface area contributed by atoms with E-state index in [9.17, 15) is 20.1 Å². The third kappa shape index (κ3) is 17.8. The zero-order valence-corrected chi connectivity index (χ0v) is 48.6. The van der Waals surface area contributed by atoms with Crippen LogP contribution >= 0.6 is 0 Å². The molecule has 22 atom stereocenters. The SMILES string of the molecule is C.CO/N=C1\C[C@@H](C)O[C@@H](O[C@@H]2[C@@H](C)[C@H](O[C@H]3CC(C)N(CCC4CCOCC4)C[C@H](C)O3)[C@@H](C)C(=O)O[C@H]([C@@H](C)CO[C@@H]3O[C@H](C)[C@@H](O)[C@@H](OC)[C@H]3OC)[C@H](C)[C@@H](OC(=O)CC(C)C)[C@@H](C)C(=O)[C@@](C)(O)C[C@@H]2C)[C@@H]1O. The van der Waals surface area contributed by atoms with E-state index in [1.54, 1.807) is 27.7 Å². The van der Waals surface area contributed by atoms with Gasteiger partial charge in [-0.2, -0.15) is 0 Å². The minimum absolute atomic E-state index is 0. The summed E-state index contributed by atoms with van der Waals surface area (Å²) < 4.78 is 69.5. The van der Waals surface area contributed by atoms with Crippen LogP contribution in [-0.4, -0.2) is 196 Å². The number of aliphatic hydroxyl groups excluding tert-OH is 2. The van der Waals surface area contributed by atoms with Crippen molar-refractivity contribution >= 4 is 23.4 Å². The molecule has 0 aliphatic carbocycles. The van der Waals surface area contributed by atoms with E-state index >= 15 is 9.59 Å². The predicted octanol–water partition coefficient (Wildman–Crippen LogP) is 6.10. The zero-order chi connectivity index (χ0) is 56.3. The molecule has 448 valence electrons. The van der Waals surface area contributed by atoms with Gasteiger partial charge in [-0.05, 0) is 91.5 Å². The number of Topliss-reactive ketones (excluding diaryl/α,β-unsaturated/α-hetero) is 1. The van der Waals surface area contributed by atoms with Crippen molar-refractivity contribution in [2.45, 2.75) is 240 Å². The fourth-order valence-electron chi connectivity index (χ4n) is 12.3. The van der Waals surface area contributed by atoms with Crippen LogP contribution < -0.4 is 0 Å². The zero-order valence-electron chi connectivity index (χ0n) is 48.6. The summed E-state index contributed by atoms with van der Waals surface area (Å²) in [6.45, 7) is 26.6. The molecule has 0 spiro atoms. The highest BCUT2D eigenvalue weighted by atomic mass is 16.7. The molecule has 5 saturated heterocycles. The Morgan fingerprint density at radius 2 is 1.48 bits per heavy atom. The van der Waals surface area contributed by atoms with Gasteiger partial charge in [-0.15, -0.1) is 0 Å². The van der Waals surface area contributed by atoms with Gasteiger partial charge in [-0.25, -0.2) is 0 Å². The maximum Gasteiger partial charge on any atom is 0.311 e. The Hall–Kier alpha value is -2.44. The standard InChI is InChI=1S/C56H98N2O18.CH4/c1-29(2)23-42(59)73-48-36(9)47(31(4)28-69-55-51(66-15)50(65-14)44(60)39(12)72-55)75-53(63)38(11)49(74-43-24-32(5)58(27-34(7)70-43)20-17-40-18-21-68-22-19-40)35(8)46(30(3)26-56(13,64)52(62)37(48)10)76-54-45(61)41(57-67-16)25-33(6)71-54;/h29-40,43-51,54-55,60-61,64H,17-28H2,1-16H3;1H4/b57-41+;/t30-,31-,32?,33+,34-,35+,36-,37+,38+,39+,43-,44+,45+,46-,47+,48+,49-,50+,51+,54-,55+,56-;/m0./s1. The molecule has 0 amide bonds. The first-order valence-corrected chi connectivity index (χ1v) is 28.2. The van der Waals surface area contributed by atoms with Gasteiger partial charge in [0.05, 0.1) is 54.7 Å². The number of ketones is 1. The number of cyclic esters (lactones) is 1. The van der Waals surface area contributed by atoms with E-state index in [0.717, 1.165) is 39.0 Å². The first-order chi connectivity index (χ1) is 35.8. The fraction of sp³-hybridized carbons (Fsp3) is 0.930. The number of rotatable bonds is 17. The number of hydrogen-bond acceptors (Lipinski definition) is 20. The van der Waals surface area contributed by atoms with Gasteiger partial charge in [0.1, 0.15) is 49.3 Å². The average molecular weight is 1100 g/mol. The molecule has 20 heteroatoms. The molecule has 5 aliphatic rings. The molecule has 5 fully saturated rings. The summed E-state index contributed by atoms with van der Waals surface area (Å²) in [6, 6.07) is 0.0448. The molecular formula is C57H102N2O18. The second-order valence-electron chi connectivity index (χ2n) is 23.7. The quantitative estimate of drug-likeness (QED) is 0.110. The smallest absolute Gasteiger partial charge is 0.311 e. The molecule has 0 saturated carbocycles. The third-order valence-electron chi connectivity index (χ3n) is 16.6. The summed E-state index contributed by atoms with van der Waals surface area (Å²) >= 11 is 0. The lowest BCUT2D eigenvalue weighted by Gasteiger charge is -2.44. The number of oxime groups is 1. The Kier molecular flexibility index (Phi) is 26.6. The van der Waals surface area contributed by atoms with Crippen LogP contribution in [0.5, 0.6) is 0 Å². The molecule has 0 radical (unpaired) electrons. The van der Waals surface area contributed by atoms with Gasteiger partial charge in [-0.1, -0.05) is 61.0 Å². The van der Waals surface area contributed by atoms with Crippen molar-refractivity contribution in [1.29, 1.82) is 0 Å². The van der Waals surface area contributed by atoms with Crippen molar-refractivity contribution in [3.05, 3.63) is 0 Å². The lowest BCUT2D eigenvalue weighted by Crippen LogP contribution is -2.59. The van der Waals surface area contributed by atoms with E-state index in [0.29, 0.717) is 24.6 Å². The largest absolute Gasteiger partial charge is 0.461 e. The van der Waals surface area contributed by atoms with Crippen molar-refractivity contribution in [1.82, 2.24) is 4.90 Å². The van der Waals surface area contributed by atoms with E-state index in [4.69, 9.17) is 56.9 Å². The van der Waals surface area contributed by atoms with Crippen molar-refractivity contribution in [2.75, 3.05) is 54.2 Å². The van der Waals surface area contributed by atoms with E-state index in [1.165, 1.54) is 28.3 Å². The number of nitrogens with zero attached hydrogens (tertiary/aromatic N) is 2. The van der Waals surface area contributed by atoms with Crippen LogP contribution in [0.1, 0.15) is 142 Å². The maximum atomic E-state index is 15.4. The first kappa shape index (κ1) is 67.1. The van der Waals surface area contributed by atoms with Gasteiger partial charge in [-0.3, -0.25) is 19.3 Å². The predicted molar refractivity (Wildman–Crippen MR) is 286 cm³/mol. The lowest BCUT2D eigenvalue weighted by molar-refractivity contribution is -0.305. The Bertz CT molecular complexity index is 1840. The van der Waals surface area contributed by atoms with Crippen molar-refractivity contribution < 1.29 is 86.6 Å². The number of carbonyl (C=O) groups excluding carboxylic acids is 3. The molecule has 3 N–H and O–H groups in total. The second-order valence-corrected chi connectivity index (χ2v) is 23.7. The van der Waals surface area contributed by atoms with Crippen molar-refractivity contribution in [2.24, 2.45) is 52.5 Å².